The van der Waals surface area contributed by atoms with Gasteiger partial charge in [0.1, 0.15) is 0 Å². The zero-order valence-electron chi connectivity index (χ0n) is 12.9. The molecule has 0 aliphatic heterocycles. The van der Waals surface area contributed by atoms with Crippen LogP contribution in [0.4, 0.5) is 0 Å². The van der Waals surface area contributed by atoms with E-state index in [1.807, 2.05) is 0 Å². The molecule has 92 valence electrons. The summed E-state index contributed by atoms with van der Waals surface area (Å²) in [6, 6.07) is 0.683. The molecule has 0 bridgehead atoms. The molecule has 4 heteroatoms. The quantitative estimate of drug-likeness (QED) is 0.365. The van der Waals surface area contributed by atoms with Crippen molar-refractivity contribution in [3.63, 3.8) is 0 Å². The van der Waals surface area contributed by atoms with Gasteiger partial charge in [-0.2, -0.15) is 0 Å². The van der Waals surface area contributed by atoms with E-state index in [0.29, 0.717) is 18.0 Å². The van der Waals surface area contributed by atoms with Gasteiger partial charge in [0.25, 0.3) is 0 Å². The standard InChI is InChI=1S/C15H19NO.2Li/c1-5(2)16(6(3)4)14(17)15-11-8-7-9(11)13(15)10(7)12(8)15;;/h5-9,12-13H,1-4H3;;/q-2;2*+1. The van der Waals surface area contributed by atoms with E-state index in [4.69, 9.17) is 0 Å². The summed E-state index contributed by atoms with van der Waals surface area (Å²) in [7, 11) is 0. The van der Waals surface area contributed by atoms with Crippen molar-refractivity contribution in [2.75, 3.05) is 0 Å². The third-order valence-electron chi connectivity index (χ3n) is 6.47. The van der Waals surface area contributed by atoms with E-state index in [9.17, 15) is 4.79 Å². The average Bonchev–Trinajstić information content (AvgIpc) is 2.28. The summed E-state index contributed by atoms with van der Waals surface area (Å²) in [6.45, 7) is 8.60. The van der Waals surface area contributed by atoms with Crippen molar-refractivity contribution in [2.45, 2.75) is 39.8 Å². The van der Waals surface area contributed by atoms with Crippen molar-refractivity contribution in [3.05, 3.63) is 11.8 Å². The van der Waals surface area contributed by atoms with Gasteiger partial charge in [0.2, 0.25) is 0 Å². The molecular weight excluding hydrogens is 224 g/mol. The van der Waals surface area contributed by atoms with Gasteiger partial charge in [-0.15, -0.1) is 5.41 Å². The average molecular weight is 243 g/mol. The van der Waals surface area contributed by atoms with E-state index in [0.717, 1.165) is 29.6 Å². The summed E-state index contributed by atoms with van der Waals surface area (Å²) in [5, 5.41) is 0. The number of carbonyl (C=O) groups is 1. The topological polar surface area (TPSA) is 20.3 Å². The van der Waals surface area contributed by atoms with Crippen LogP contribution in [0, 0.1) is 46.8 Å². The molecule has 2 nitrogen and oxygen atoms in total. The number of carbonyl (C=O) groups excluding carboxylic acids is 1. The first-order chi connectivity index (χ1) is 8.04. The summed E-state index contributed by atoms with van der Waals surface area (Å²) < 4.78 is 0. The van der Waals surface area contributed by atoms with Crippen molar-refractivity contribution < 1.29 is 42.5 Å². The molecule has 6 aliphatic rings. The van der Waals surface area contributed by atoms with Gasteiger partial charge in [-0.1, -0.05) is 0 Å². The molecule has 19 heavy (non-hydrogen) atoms. The van der Waals surface area contributed by atoms with E-state index in [1.54, 1.807) is 11.8 Å². The van der Waals surface area contributed by atoms with Crippen molar-refractivity contribution in [3.8, 4) is 0 Å². The Balaban J connectivity index is 0.000000551. The molecule has 0 aromatic heterocycles. The Morgan fingerprint density at radius 3 is 1.79 bits per heavy atom. The molecule has 0 heterocycles. The minimum absolute atomic E-state index is 0. The molecule has 6 fully saturated rings. The minimum atomic E-state index is 0. The fourth-order valence-corrected chi connectivity index (χ4v) is 6.26. The van der Waals surface area contributed by atoms with Crippen LogP contribution in [-0.4, -0.2) is 22.9 Å². The molecule has 4 atom stereocenters. The maximum absolute atomic E-state index is 12.9. The Morgan fingerprint density at radius 1 is 1.00 bits per heavy atom. The van der Waals surface area contributed by atoms with Crippen LogP contribution in [0.5, 0.6) is 0 Å². The fraction of sp³-hybridized carbons (Fsp3) is 0.800. The molecule has 0 saturated heterocycles. The van der Waals surface area contributed by atoms with Crippen molar-refractivity contribution in [2.24, 2.45) is 35.0 Å². The number of hydrogen-bond acceptors (Lipinski definition) is 1. The molecular formula is C15H19Li2NO. The van der Waals surface area contributed by atoms with E-state index >= 15 is 0 Å². The second-order valence-electron chi connectivity index (χ2n) is 7.26. The third-order valence-corrected chi connectivity index (χ3v) is 6.47. The smallest absolute Gasteiger partial charge is 0.340 e. The Labute approximate surface area is 139 Å². The van der Waals surface area contributed by atoms with Crippen LogP contribution in [0.1, 0.15) is 27.7 Å². The summed E-state index contributed by atoms with van der Waals surface area (Å²) >= 11 is 0. The summed E-state index contributed by atoms with van der Waals surface area (Å²) in [5.41, 5.74) is 0.0773. The van der Waals surface area contributed by atoms with Gasteiger partial charge in [-0.3, -0.25) is 4.79 Å². The second kappa shape index (κ2) is 3.70. The minimum Gasteiger partial charge on any atom is -0.340 e. The number of amides is 1. The second-order valence-corrected chi connectivity index (χ2v) is 7.26. The van der Waals surface area contributed by atoms with E-state index < -0.39 is 0 Å². The molecule has 0 aromatic rings. The van der Waals surface area contributed by atoms with Gasteiger partial charge < -0.3 is 16.7 Å². The normalized spacial score (nSPS) is 49.7. The first-order valence-electron chi connectivity index (χ1n) is 7.11. The molecule has 0 spiro atoms. The Morgan fingerprint density at radius 2 is 1.47 bits per heavy atom. The molecule has 6 aliphatic carbocycles. The molecule has 0 aromatic carbocycles. The predicted octanol–water partition coefficient (Wildman–Crippen LogP) is -4.08. The van der Waals surface area contributed by atoms with Gasteiger partial charge >= 0.3 is 37.7 Å². The van der Waals surface area contributed by atoms with Gasteiger partial charge in [0.15, 0.2) is 5.91 Å². The maximum Gasteiger partial charge on any atom is 1.00 e. The molecule has 0 radical (unpaired) electrons. The van der Waals surface area contributed by atoms with Crippen molar-refractivity contribution in [1.29, 1.82) is 0 Å². The van der Waals surface area contributed by atoms with Crippen LogP contribution < -0.4 is 37.7 Å². The van der Waals surface area contributed by atoms with Gasteiger partial charge in [-0.25, -0.2) is 29.6 Å². The monoisotopic (exact) mass is 243 g/mol. The number of hydrogen-bond donors (Lipinski definition) is 0. The van der Waals surface area contributed by atoms with Crippen LogP contribution in [-0.2, 0) is 4.79 Å². The fourth-order valence-electron chi connectivity index (χ4n) is 6.26. The molecule has 6 rings (SSSR count). The summed E-state index contributed by atoms with van der Waals surface area (Å²) in [5.74, 6) is 8.19. The Bertz CT molecular complexity index is 402. The van der Waals surface area contributed by atoms with Crippen LogP contribution in [0.2, 0.25) is 0 Å². The zero-order valence-corrected chi connectivity index (χ0v) is 12.9. The first-order valence-corrected chi connectivity index (χ1v) is 7.11. The van der Waals surface area contributed by atoms with Gasteiger partial charge in [0, 0.05) is 12.1 Å². The summed E-state index contributed by atoms with van der Waals surface area (Å²) in [6.07, 6.45) is 0. The van der Waals surface area contributed by atoms with Crippen LogP contribution >= 0.6 is 0 Å². The molecule has 1 amide bonds. The van der Waals surface area contributed by atoms with Crippen molar-refractivity contribution in [1.82, 2.24) is 4.90 Å². The largest absolute Gasteiger partial charge is 1.00 e. The van der Waals surface area contributed by atoms with E-state index in [1.165, 1.54) is 0 Å². The third kappa shape index (κ3) is 0.982. The Kier molecular flexibility index (Phi) is 2.84. The van der Waals surface area contributed by atoms with Crippen LogP contribution in [0.15, 0.2) is 0 Å². The van der Waals surface area contributed by atoms with E-state index in [-0.39, 0.29) is 43.1 Å². The molecule has 0 N–H and O–H groups in total. The van der Waals surface area contributed by atoms with Gasteiger partial charge in [-0.05, 0) is 27.7 Å². The summed E-state index contributed by atoms with van der Waals surface area (Å²) in [4.78, 5) is 15.0. The number of rotatable bonds is 3. The SMILES string of the molecule is CC(C)N(C(=O)C12[C-]3C4C5[C-](C41)C2C35)C(C)C.[Li+].[Li+]. The maximum atomic E-state index is 12.9. The first kappa shape index (κ1) is 14.6. The van der Waals surface area contributed by atoms with E-state index in [2.05, 4.69) is 32.6 Å². The molecule has 4 unspecified atom stereocenters. The van der Waals surface area contributed by atoms with Gasteiger partial charge in [0.05, 0.1) is 0 Å². The molecule has 6 saturated carbocycles. The van der Waals surface area contributed by atoms with Crippen LogP contribution in [0.3, 0.4) is 0 Å². The zero-order chi connectivity index (χ0) is 11.9. The van der Waals surface area contributed by atoms with Crippen LogP contribution in [0.25, 0.3) is 0 Å². The predicted molar refractivity (Wildman–Crippen MR) is 63.5 cm³/mol. The Hall–Kier alpha value is 0.665. The van der Waals surface area contributed by atoms with Crippen molar-refractivity contribution >= 4 is 5.91 Å². The number of nitrogens with zero attached hydrogens (tertiary/aromatic N) is 1.